The van der Waals surface area contributed by atoms with Crippen molar-refractivity contribution in [3.05, 3.63) is 95.3 Å². The van der Waals surface area contributed by atoms with Gasteiger partial charge in [-0.15, -0.1) is 0 Å². The van der Waals surface area contributed by atoms with Crippen LogP contribution in [0.2, 0.25) is 0 Å². The number of aromatic nitrogens is 2. The van der Waals surface area contributed by atoms with E-state index in [0.717, 1.165) is 28.3 Å². The fraction of sp³-hybridized carbons (Fsp3) is 0.258. The first kappa shape index (κ1) is 25.9. The topological polar surface area (TPSA) is 70.5 Å². The molecule has 0 bridgehead atoms. The molecule has 0 N–H and O–H groups in total. The van der Waals surface area contributed by atoms with Crippen LogP contribution < -0.4 is 9.47 Å². The number of hydrogen-bond donors (Lipinski definition) is 0. The molecular formula is C31H25F3N2O4. The maximum absolute atomic E-state index is 14.2. The lowest BCUT2D eigenvalue weighted by Crippen LogP contribution is -2.10. The Hall–Kier alpha value is -4.40. The summed E-state index contributed by atoms with van der Waals surface area (Å²) in [7, 11) is 1.36. The van der Waals surface area contributed by atoms with Gasteiger partial charge in [0.2, 0.25) is 0 Å². The predicted molar refractivity (Wildman–Crippen MR) is 141 cm³/mol. The number of fused-ring (bicyclic) bond motifs is 2. The first-order valence-electron chi connectivity index (χ1n) is 12.9. The number of alkyl halides is 3. The summed E-state index contributed by atoms with van der Waals surface area (Å²) in [6, 6.07) is 17.0. The molecule has 2 heterocycles. The Bertz CT molecular complexity index is 1560. The molecule has 3 aromatic carbocycles. The molecule has 2 aliphatic rings. The van der Waals surface area contributed by atoms with Crippen LogP contribution in [0.15, 0.2) is 73.1 Å². The van der Waals surface area contributed by atoms with Gasteiger partial charge in [-0.05, 0) is 58.9 Å². The normalized spacial score (nSPS) is 17.6. The molecule has 6 rings (SSSR count). The van der Waals surface area contributed by atoms with Crippen LogP contribution in [0.3, 0.4) is 0 Å². The lowest BCUT2D eigenvalue weighted by Gasteiger charge is -2.20. The molecule has 40 heavy (non-hydrogen) atoms. The molecule has 0 saturated carbocycles. The minimum atomic E-state index is -4.50. The van der Waals surface area contributed by atoms with E-state index in [2.05, 4.69) is 10.2 Å². The second-order valence-corrected chi connectivity index (χ2v) is 9.90. The van der Waals surface area contributed by atoms with Crippen molar-refractivity contribution >= 4 is 5.97 Å². The maximum Gasteiger partial charge on any atom is 0.417 e. The van der Waals surface area contributed by atoms with E-state index in [1.54, 1.807) is 48.8 Å². The Labute approximate surface area is 228 Å². The highest BCUT2D eigenvalue weighted by Gasteiger charge is 2.38. The third kappa shape index (κ3) is 4.87. The molecule has 204 valence electrons. The minimum absolute atomic E-state index is 0.0896. The zero-order valence-electron chi connectivity index (χ0n) is 21.6. The fourth-order valence-electron chi connectivity index (χ4n) is 5.59. The number of ether oxygens (including phenoxy) is 3. The molecule has 0 spiro atoms. The summed E-state index contributed by atoms with van der Waals surface area (Å²) in [6.45, 7) is 0.375. The van der Waals surface area contributed by atoms with Crippen molar-refractivity contribution in [1.29, 1.82) is 0 Å². The standard InChI is InChI=1S/C31H25F3N2O4/c1-38-29(37)14-21-17-39-28-15-22(6-7-23(21)28)40-27-11-9-25-24(27)8-10-26(31(32,33)34)30(25)19-4-2-18(3-5-19)20-12-13-35-36-16-20/h2-8,10,12-13,15-16,21,27H,9,11,14,17H2,1H3. The van der Waals surface area contributed by atoms with Gasteiger partial charge in [0.1, 0.15) is 17.6 Å². The highest BCUT2D eigenvalue weighted by atomic mass is 19.4. The number of esters is 1. The molecule has 0 radical (unpaired) electrons. The molecule has 6 nitrogen and oxygen atoms in total. The average molecular weight is 547 g/mol. The zero-order valence-corrected chi connectivity index (χ0v) is 21.6. The summed E-state index contributed by atoms with van der Waals surface area (Å²) in [5.41, 5.74) is 4.01. The van der Waals surface area contributed by atoms with Crippen molar-refractivity contribution in [2.24, 2.45) is 0 Å². The molecule has 1 aliphatic carbocycles. The number of nitrogens with zero attached hydrogens (tertiary/aromatic N) is 2. The highest BCUT2D eigenvalue weighted by Crippen LogP contribution is 2.47. The largest absolute Gasteiger partial charge is 0.492 e. The van der Waals surface area contributed by atoms with Gasteiger partial charge < -0.3 is 14.2 Å². The monoisotopic (exact) mass is 546 g/mol. The number of rotatable bonds is 6. The number of halogens is 3. The number of benzene rings is 3. The molecule has 9 heteroatoms. The lowest BCUT2D eigenvalue weighted by molar-refractivity contribution is -0.141. The minimum Gasteiger partial charge on any atom is -0.492 e. The summed E-state index contributed by atoms with van der Waals surface area (Å²) in [5.74, 6) is 0.810. The second kappa shape index (κ2) is 10.3. The maximum atomic E-state index is 14.2. The third-order valence-electron chi connectivity index (χ3n) is 7.53. The highest BCUT2D eigenvalue weighted by molar-refractivity contribution is 5.77. The number of carbonyl (C=O) groups is 1. The Morgan fingerprint density at radius 2 is 1.75 bits per heavy atom. The Morgan fingerprint density at radius 1 is 0.975 bits per heavy atom. The smallest absolute Gasteiger partial charge is 0.417 e. The first-order valence-corrected chi connectivity index (χ1v) is 12.9. The van der Waals surface area contributed by atoms with Crippen molar-refractivity contribution in [3.8, 4) is 33.8 Å². The van der Waals surface area contributed by atoms with Crippen LogP contribution >= 0.6 is 0 Å². The molecule has 2 unspecified atom stereocenters. The van der Waals surface area contributed by atoms with Gasteiger partial charge in [-0.1, -0.05) is 36.4 Å². The van der Waals surface area contributed by atoms with Gasteiger partial charge in [-0.25, -0.2) is 0 Å². The Morgan fingerprint density at radius 3 is 2.48 bits per heavy atom. The average Bonchev–Trinajstić information content (AvgIpc) is 3.56. The summed E-state index contributed by atoms with van der Waals surface area (Å²) in [5, 5.41) is 7.65. The molecule has 2 atom stereocenters. The fourth-order valence-corrected chi connectivity index (χ4v) is 5.59. The van der Waals surface area contributed by atoms with Crippen molar-refractivity contribution in [1.82, 2.24) is 10.2 Å². The Kier molecular flexibility index (Phi) is 6.65. The number of methoxy groups -OCH3 is 1. The first-order chi connectivity index (χ1) is 19.3. The van der Waals surface area contributed by atoms with E-state index < -0.39 is 17.8 Å². The van der Waals surface area contributed by atoms with E-state index in [-0.39, 0.29) is 23.9 Å². The van der Waals surface area contributed by atoms with Crippen LogP contribution in [0, 0.1) is 0 Å². The van der Waals surface area contributed by atoms with Crippen LogP contribution in [-0.2, 0) is 22.1 Å². The van der Waals surface area contributed by atoms with Gasteiger partial charge in [-0.3, -0.25) is 4.79 Å². The third-order valence-corrected chi connectivity index (χ3v) is 7.53. The predicted octanol–water partition coefficient (Wildman–Crippen LogP) is 6.93. The van der Waals surface area contributed by atoms with E-state index in [4.69, 9.17) is 14.2 Å². The number of carbonyl (C=O) groups excluding carboxylic acids is 1. The van der Waals surface area contributed by atoms with Gasteiger partial charge in [0.15, 0.2) is 0 Å². The Balaban J connectivity index is 1.30. The van der Waals surface area contributed by atoms with E-state index in [1.807, 2.05) is 12.1 Å². The lowest BCUT2D eigenvalue weighted by atomic mass is 9.90. The van der Waals surface area contributed by atoms with Gasteiger partial charge >= 0.3 is 12.1 Å². The number of hydrogen-bond acceptors (Lipinski definition) is 6. The van der Waals surface area contributed by atoms with Crippen molar-refractivity contribution < 1.29 is 32.2 Å². The van der Waals surface area contributed by atoms with Gasteiger partial charge in [0.25, 0.3) is 0 Å². The van der Waals surface area contributed by atoms with Crippen LogP contribution in [0.1, 0.15) is 47.1 Å². The molecule has 0 amide bonds. The molecular weight excluding hydrogens is 521 g/mol. The van der Waals surface area contributed by atoms with Crippen molar-refractivity contribution in [2.45, 2.75) is 37.5 Å². The van der Waals surface area contributed by atoms with Gasteiger partial charge in [-0.2, -0.15) is 23.4 Å². The van der Waals surface area contributed by atoms with Crippen LogP contribution in [0.5, 0.6) is 11.5 Å². The summed E-state index contributed by atoms with van der Waals surface area (Å²) in [4.78, 5) is 11.7. The van der Waals surface area contributed by atoms with E-state index in [0.29, 0.717) is 42.1 Å². The van der Waals surface area contributed by atoms with Gasteiger partial charge in [0, 0.05) is 23.1 Å². The van der Waals surface area contributed by atoms with E-state index >= 15 is 0 Å². The molecule has 1 aromatic heterocycles. The zero-order chi connectivity index (χ0) is 27.9. The van der Waals surface area contributed by atoms with Crippen LogP contribution in [-0.4, -0.2) is 29.9 Å². The van der Waals surface area contributed by atoms with E-state index in [9.17, 15) is 18.0 Å². The van der Waals surface area contributed by atoms with Crippen molar-refractivity contribution in [2.75, 3.05) is 13.7 Å². The molecule has 1 aliphatic heterocycles. The SMILES string of the molecule is COC(=O)CC1COc2cc(OC3CCc4c3ccc(C(F)(F)F)c4-c3ccc(-c4ccnnc4)cc3)ccc21. The summed E-state index contributed by atoms with van der Waals surface area (Å²) in [6.07, 6.45) is -0.487. The van der Waals surface area contributed by atoms with Crippen molar-refractivity contribution in [3.63, 3.8) is 0 Å². The quantitative estimate of drug-likeness (QED) is 0.244. The van der Waals surface area contributed by atoms with Crippen LogP contribution in [0.4, 0.5) is 13.2 Å². The van der Waals surface area contributed by atoms with Gasteiger partial charge in [0.05, 0.1) is 38.1 Å². The molecule has 0 fully saturated rings. The molecule has 0 saturated heterocycles. The van der Waals surface area contributed by atoms with Crippen LogP contribution in [0.25, 0.3) is 22.3 Å². The second-order valence-electron chi connectivity index (χ2n) is 9.90. The van der Waals surface area contributed by atoms with E-state index in [1.165, 1.54) is 13.2 Å². The summed E-state index contributed by atoms with van der Waals surface area (Å²) >= 11 is 0. The molecule has 4 aromatic rings. The summed E-state index contributed by atoms with van der Waals surface area (Å²) < 4.78 is 59.3.